The lowest BCUT2D eigenvalue weighted by molar-refractivity contribution is 0.472. The minimum absolute atomic E-state index is 0.246. The Labute approximate surface area is 144 Å². The monoisotopic (exact) mass is 364 g/mol. The van der Waals surface area contributed by atoms with Crippen molar-refractivity contribution in [1.29, 1.82) is 0 Å². The molecule has 0 aliphatic rings. The van der Waals surface area contributed by atoms with E-state index in [1.54, 1.807) is 28.9 Å². The van der Waals surface area contributed by atoms with Crippen LogP contribution in [0.15, 0.2) is 47.1 Å². The van der Waals surface area contributed by atoms with Crippen LogP contribution in [0.3, 0.4) is 0 Å². The molecule has 0 saturated heterocycles. The van der Waals surface area contributed by atoms with Crippen molar-refractivity contribution < 1.29 is 17.2 Å². The molecule has 25 heavy (non-hydrogen) atoms. The third-order valence-electron chi connectivity index (χ3n) is 3.70. The molecule has 2 aromatic heterocycles. The van der Waals surface area contributed by atoms with Crippen LogP contribution >= 0.6 is 0 Å². The van der Waals surface area contributed by atoms with Crippen LogP contribution in [0.2, 0.25) is 0 Å². The standard InChI is InChI=1S/C16H17FN4O3S/c1-20(25(2,22)23)10-9-15-18-16(14-4-3-11-24-14)19-21(15)13-7-5-12(17)6-8-13/h3-8,11H,9-10H2,1-2H3. The molecule has 3 rings (SSSR count). The lowest BCUT2D eigenvalue weighted by atomic mass is 10.3. The van der Waals surface area contributed by atoms with Gasteiger partial charge in [-0.1, -0.05) is 0 Å². The fourth-order valence-corrected chi connectivity index (χ4v) is 2.65. The summed E-state index contributed by atoms with van der Waals surface area (Å²) < 4.78 is 44.4. The summed E-state index contributed by atoms with van der Waals surface area (Å²) in [6.45, 7) is 0.246. The first-order valence-electron chi connectivity index (χ1n) is 7.51. The Bertz CT molecular complexity index is 950. The van der Waals surface area contributed by atoms with Crippen molar-refractivity contribution in [3.05, 3.63) is 54.3 Å². The van der Waals surface area contributed by atoms with Crippen LogP contribution in [0.5, 0.6) is 0 Å². The second kappa shape index (κ2) is 6.77. The van der Waals surface area contributed by atoms with Gasteiger partial charge in [-0.25, -0.2) is 26.8 Å². The first kappa shape index (κ1) is 17.3. The van der Waals surface area contributed by atoms with Gasteiger partial charge in [-0.3, -0.25) is 0 Å². The van der Waals surface area contributed by atoms with E-state index in [4.69, 9.17) is 4.42 Å². The maximum Gasteiger partial charge on any atom is 0.217 e. The lowest BCUT2D eigenvalue weighted by Crippen LogP contribution is -2.28. The molecule has 0 amide bonds. The summed E-state index contributed by atoms with van der Waals surface area (Å²) >= 11 is 0. The smallest absolute Gasteiger partial charge is 0.217 e. The number of rotatable bonds is 6. The van der Waals surface area contributed by atoms with Crippen LogP contribution in [0.25, 0.3) is 17.3 Å². The Balaban J connectivity index is 1.95. The van der Waals surface area contributed by atoms with Crippen molar-refractivity contribution in [1.82, 2.24) is 19.1 Å². The Morgan fingerprint density at radius 1 is 1.24 bits per heavy atom. The molecule has 1 aromatic carbocycles. The highest BCUT2D eigenvalue weighted by atomic mass is 32.2. The molecule has 0 aliphatic carbocycles. The van der Waals surface area contributed by atoms with Crippen molar-refractivity contribution >= 4 is 10.0 Å². The van der Waals surface area contributed by atoms with Crippen LogP contribution in [-0.4, -0.2) is 47.3 Å². The number of sulfonamides is 1. The van der Waals surface area contributed by atoms with Gasteiger partial charge in [0.15, 0.2) is 5.76 Å². The summed E-state index contributed by atoms with van der Waals surface area (Å²) in [6.07, 6.45) is 3.01. The van der Waals surface area contributed by atoms with Crippen LogP contribution in [0, 0.1) is 5.82 Å². The molecular weight excluding hydrogens is 347 g/mol. The number of likely N-dealkylation sites (N-methyl/N-ethyl adjacent to an activating group) is 1. The van der Waals surface area contributed by atoms with Gasteiger partial charge >= 0.3 is 0 Å². The Hall–Kier alpha value is -2.52. The normalized spacial score (nSPS) is 12.0. The molecule has 132 valence electrons. The van der Waals surface area contributed by atoms with Gasteiger partial charge in [0.25, 0.3) is 0 Å². The van der Waals surface area contributed by atoms with Crippen molar-refractivity contribution in [3.63, 3.8) is 0 Å². The number of benzene rings is 1. The van der Waals surface area contributed by atoms with Crippen molar-refractivity contribution in [2.24, 2.45) is 0 Å². The van der Waals surface area contributed by atoms with Crippen LogP contribution in [0.1, 0.15) is 5.82 Å². The molecule has 2 heterocycles. The van der Waals surface area contributed by atoms with E-state index in [-0.39, 0.29) is 12.4 Å². The summed E-state index contributed by atoms with van der Waals surface area (Å²) in [5, 5.41) is 4.41. The molecule has 0 unspecified atom stereocenters. The minimum Gasteiger partial charge on any atom is -0.461 e. The van der Waals surface area contributed by atoms with Gasteiger partial charge in [-0.05, 0) is 36.4 Å². The molecule has 3 aromatic rings. The van der Waals surface area contributed by atoms with Crippen LogP contribution in [0.4, 0.5) is 4.39 Å². The largest absolute Gasteiger partial charge is 0.461 e. The Morgan fingerprint density at radius 2 is 1.96 bits per heavy atom. The first-order valence-corrected chi connectivity index (χ1v) is 9.36. The second-order valence-electron chi connectivity index (χ2n) is 5.55. The molecule has 7 nitrogen and oxygen atoms in total. The van der Waals surface area contributed by atoms with Gasteiger partial charge in [0.1, 0.15) is 11.6 Å². The maximum absolute atomic E-state index is 13.2. The molecule has 0 N–H and O–H groups in total. The van der Waals surface area contributed by atoms with E-state index in [0.717, 1.165) is 6.26 Å². The van der Waals surface area contributed by atoms with E-state index in [9.17, 15) is 12.8 Å². The van der Waals surface area contributed by atoms with E-state index in [1.165, 1.54) is 29.7 Å². The Kier molecular flexibility index (Phi) is 4.69. The molecule has 0 bridgehead atoms. The fraction of sp³-hybridized carbons (Fsp3) is 0.250. The zero-order valence-electron chi connectivity index (χ0n) is 13.8. The van der Waals surface area contributed by atoms with E-state index < -0.39 is 10.0 Å². The number of aromatic nitrogens is 3. The third kappa shape index (κ3) is 3.94. The first-order chi connectivity index (χ1) is 11.8. The maximum atomic E-state index is 13.2. The molecule has 9 heteroatoms. The molecule has 0 fully saturated rings. The van der Waals surface area contributed by atoms with Crippen LogP contribution in [-0.2, 0) is 16.4 Å². The number of nitrogens with zero attached hydrogens (tertiary/aromatic N) is 4. The lowest BCUT2D eigenvalue weighted by Gasteiger charge is -2.13. The van der Waals surface area contributed by atoms with Gasteiger partial charge in [-0.2, -0.15) is 0 Å². The minimum atomic E-state index is -3.28. The van der Waals surface area contributed by atoms with Gasteiger partial charge in [-0.15, -0.1) is 5.10 Å². The number of hydrogen-bond acceptors (Lipinski definition) is 5. The molecule has 0 atom stereocenters. The summed E-state index contributed by atoms with van der Waals surface area (Å²) in [5.41, 5.74) is 0.628. The summed E-state index contributed by atoms with van der Waals surface area (Å²) in [7, 11) is -1.78. The predicted molar refractivity (Wildman–Crippen MR) is 90.2 cm³/mol. The topological polar surface area (TPSA) is 81.2 Å². The van der Waals surface area contributed by atoms with Crippen molar-refractivity contribution in [2.75, 3.05) is 19.8 Å². The summed E-state index contributed by atoms with van der Waals surface area (Å²) in [4.78, 5) is 4.45. The van der Waals surface area contributed by atoms with Gasteiger partial charge in [0.05, 0.1) is 18.2 Å². The van der Waals surface area contributed by atoms with Crippen LogP contribution < -0.4 is 0 Å². The predicted octanol–water partition coefficient (Wildman–Crippen LogP) is 2.10. The van der Waals surface area contributed by atoms with Crippen molar-refractivity contribution in [2.45, 2.75) is 6.42 Å². The average Bonchev–Trinajstić information content (AvgIpc) is 3.21. The molecular formula is C16H17FN4O3S. The SMILES string of the molecule is CN(CCc1nc(-c2ccco2)nn1-c1ccc(F)cc1)S(C)(=O)=O. The van der Waals surface area contributed by atoms with Gasteiger partial charge in [0.2, 0.25) is 15.8 Å². The fourth-order valence-electron chi connectivity index (χ4n) is 2.23. The van der Waals surface area contributed by atoms with Gasteiger partial charge < -0.3 is 4.42 Å². The summed E-state index contributed by atoms with van der Waals surface area (Å²) in [6, 6.07) is 9.28. The molecule has 0 spiro atoms. The molecule has 0 saturated carbocycles. The van der Waals surface area contributed by atoms with Gasteiger partial charge in [0, 0.05) is 20.0 Å². The Morgan fingerprint density at radius 3 is 2.56 bits per heavy atom. The highest BCUT2D eigenvalue weighted by Crippen LogP contribution is 2.19. The third-order valence-corrected chi connectivity index (χ3v) is 5.02. The zero-order valence-corrected chi connectivity index (χ0v) is 14.6. The van der Waals surface area contributed by atoms with Crippen molar-refractivity contribution in [3.8, 4) is 17.3 Å². The zero-order chi connectivity index (χ0) is 18.0. The average molecular weight is 364 g/mol. The van der Waals surface area contributed by atoms with E-state index in [2.05, 4.69) is 10.1 Å². The van der Waals surface area contributed by atoms with E-state index >= 15 is 0 Å². The number of furan rings is 1. The second-order valence-corrected chi connectivity index (χ2v) is 7.64. The highest BCUT2D eigenvalue weighted by Gasteiger charge is 2.17. The number of halogens is 1. The molecule has 0 aliphatic heterocycles. The number of hydrogen-bond donors (Lipinski definition) is 0. The quantitative estimate of drug-likeness (QED) is 0.669. The van der Waals surface area contributed by atoms with E-state index in [0.29, 0.717) is 29.5 Å². The summed E-state index contributed by atoms with van der Waals surface area (Å²) in [5.74, 6) is 1.08. The highest BCUT2D eigenvalue weighted by molar-refractivity contribution is 7.88. The van der Waals surface area contributed by atoms with E-state index in [1.807, 2.05) is 0 Å². The molecule has 0 radical (unpaired) electrons.